The molecule has 0 saturated carbocycles. The number of nitrogens with two attached hydrogens (primary N) is 1. The molecule has 2 atom stereocenters. The van der Waals surface area contributed by atoms with Gasteiger partial charge in [-0.2, -0.15) is 0 Å². The maximum atomic E-state index is 12.4. The summed E-state index contributed by atoms with van der Waals surface area (Å²) < 4.78 is 5.37. The quantitative estimate of drug-likeness (QED) is 0.827. The Morgan fingerprint density at radius 3 is 3.05 bits per heavy atom. The van der Waals surface area contributed by atoms with Gasteiger partial charge in [0.05, 0.1) is 13.2 Å². The third kappa shape index (κ3) is 3.84. The number of benzene rings is 1. The highest BCUT2D eigenvalue weighted by Crippen LogP contribution is 2.18. The van der Waals surface area contributed by atoms with Gasteiger partial charge in [0.15, 0.2) is 0 Å². The smallest absolute Gasteiger partial charge is 0.251 e. The van der Waals surface area contributed by atoms with Crippen molar-refractivity contribution in [1.29, 1.82) is 0 Å². The Morgan fingerprint density at radius 2 is 2.38 bits per heavy atom. The summed E-state index contributed by atoms with van der Waals surface area (Å²) >= 11 is 0. The summed E-state index contributed by atoms with van der Waals surface area (Å²) in [5, 5.41) is 3.07. The maximum Gasteiger partial charge on any atom is 0.251 e. The molecule has 2 rings (SSSR count). The van der Waals surface area contributed by atoms with Gasteiger partial charge in [-0.1, -0.05) is 17.9 Å². The number of carbonyl (C=O) groups is 1. The number of hydrogen-bond donors (Lipinski definition) is 2. The molecule has 2 unspecified atom stereocenters. The lowest BCUT2D eigenvalue weighted by atomic mass is 9.98. The SMILES string of the molecule is Cc1c(C#CCN)cccc1C(=O)NC(C)C1CCOC1. The van der Waals surface area contributed by atoms with E-state index in [-0.39, 0.29) is 11.9 Å². The van der Waals surface area contributed by atoms with Crippen LogP contribution in [0.15, 0.2) is 18.2 Å². The third-order valence-corrected chi connectivity index (χ3v) is 3.93. The Balaban J connectivity index is 2.11. The summed E-state index contributed by atoms with van der Waals surface area (Å²) in [7, 11) is 0. The number of rotatable bonds is 3. The largest absolute Gasteiger partial charge is 0.381 e. The standard InChI is InChI=1S/C17H22N2O2/c1-12-14(6-4-9-18)5-3-7-16(12)17(20)19-13(2)15-8-10-21-11-15/h3,5,7,13,15H,8-11,18H2,1-2H3,(H,19,20). The molecular formula is C17H22N2O2. The van der Waals surface area contributed by atoms with Crippen LogP contribution in [0, 0.1) is 24.7 Å². The van der Waals surface area contributed by atoms with Gasteiger partial charge < -0.3 is 15.8 Å². The topological polar surface area (TPSA) is 64.4 Å². The molecule has 1 aliphatic rings. The molecule has 1 aromatic rings. The summed E-state index contributed by atoms with van der Waals surface area (Å²) in [6, 6.07) is 5.70. The van der Waals surface area contributed by atoms with Crippen molar-refractivity contribution in [2.45, 2.75) is 26.3 Å². The number of hydrogen-bond acceptors (Lipinski definition) is 3. The Morgan fingerprint density at radius 1 is 1.57 bits per heavy atom. The first-order valence-corrected chi connectivity index (χ1v) is 7.30. The minimum absolute atomic E-state index is 0.0525. The predicted molar refractivity (Wildman–Crippen MR) is 83.0 cm³/mol. The second-order valence-corrected chi connectivity index (χ2v) is 5.37. The fourth-order valence-corrected chi connectivity index (χ4v) is 2.51. The molecule has 0 bridgehead atoms. The molecule has 0 radical (unpaired) electrons. The molecule has 0 aromatic heterocycles. The first-order valence-electron chi connectivity index (χ1n) is 7.30. The second kappa shape index (κ2) is 7.26. The highest BCUT2D eigenvalue weighted by Gasteiger charge is 2.24. The monoisotopic (exact) mass is 286 g/mol. The summed E-state index contributed by atoms with van der Waals surface area (Å²) in [6.45, 7) is 5.77. The van der Waals surface area contributed by atoms with Crippen molar-refractivity contribution in [3.63, 3.8) is 0 Å². The van der Waals surface area contributed by atoms with Crippen molar-refractivity contribution in [3.8, 4) is 11.8 Å². The van der Waals surface area contributed by atoms with Crippen LogP contribution in [-0.4, -0.2) is 31.7 Å². The minimum Gasteiger partial charge on any atom is -0.381 e. The van der Waals surface area contributed by atoms with Crippen LogP contribution in [0.1, 0.15) is 34.8 Å². The Bertz CT molecular complexity index is 566. The van der Waals surface area contributed by atoms with Crippen LogP contribution in [0.2, 0.25) is 0 Å². The average Bonchev–Trinajstić information content (AvgIpc) is 3.00. The predicted octanol–water partition coefficient (Wildman–Crippen LogP) is 1.46. The van der Waals surface area contributed by atoms with Crippen LogP contribution in [0.5, 0.6) is 0 Å². The molecule has 0 aliphatic carbocycles. The van der Waals surface area contributed by atoms with Crippen molar-refractivity contribution in [1.82, 2.24) is 5.32 Å². The van der Waals surface area contributed by atoms with Crippen LogP contribution in [-0.2, 0) is 4.74 Å². The molecule has 1 heterocycles. The lowest BCUT2D eigenvalue weighted by molar-refractivity contribution is 0.0921. The minimum atomic E-state index is -0.0525. The number of carbonyl (C=O) groups excluding carboxylic acids is 1. The van der Waals surface area contributed by atoms with Crippen molar-refractivity contribution in [2.75, 3.05) is 19.8 Å². The van der Waals surface area contributed by atoms with E-state index >= 15 is 0 Å². The molecule has 112 valence electrons. The maximum absolute atomic E-state index is 12.4. The number of ether oxygens (including phenoxy) is 1. The van der Waals surface area contributed by atoms with Crippen LogP contribution in [0.25, 0.3) is 0 Å². The second-order valence-electron chi connectivity index (χ2n) is 5.37. The lowest BCUT2D eigenvalue weighted by Gasteiger charge is -2.20. The average molecular weight is 286 g/mol. The van der Waals surface area contributed by atoms with Gasteiger partial charge >= 0.3 is 0 Å². The molecule has 1 fully saturated rings. The van der Waals surface area contributed by atoms with Gasteiger partial charge in [-0.15, -0.1) is 0 Å². The van der Waals surface area contributed by atoms with E-state index in [9.17, 15) is 4.79 Å². The van der Waals surface area contributed by atoms with E-state index in [1.165, 1.54) is 0 Å². The summed E-state index contributed by atoms with van der Waals surface area (Å²) in [5.41, 5.74) is 7.81. The van der Waals surface area contributed by atoms with E-state index in [2.05, 4.69) is 17.2 Å². The van der Waals surface area contributed by atoms with Crippen LogP contribution >= 0.6 is 0 Å². The molecule has 1 aromatic carbocycles. The van der Waals surface area contributed by atoms with Crippen molar-refractivity contribution >= 4 is 5.91 Å². The van der Waals surface area contributed by atoms with Gasteiger partial charge in [0.25, 0.3) is 5.91 Å². The van der Waals surface area contributed by atoms with Gasteiger partial charge in [-0.25, -0.2) is 0 Å². The zero-order valence-electron chi connectivity index (χ0n) is 12.6. The van der Waals surface area contributed by atoms with E-state index in [0.29, 0.717) is 18.0 Å². The normalized spacial score (nSPS) is 18.7. The zero-order chi connectivity index (χ0) is 15.2. The number of nitrogens with one attached hydrogen (secondary N) is 1. The van der Waals surface area contributed by atoms with Crippen LogP contribution in [0.4, 0.5) is 0 Å². The lowest BCUT2D eigenvalue weighted by Crippen LogP contribution is -2.38. The molecule has 4 nitrogen and oxygen atoms in total. The molecule has 4 heteroatoms. The first-order chi connectivity index (χ1) is 10.1. The van der Waals surface area contributed by atoms with E-state index in [1.54, 1.807) is 0 Å². The first kappa shape index (κ1) is 15.6. The molecule has 1 amide bonds. The molecule has 0 spiro atoms. The molecular weight excluding hydrogens is 264 g/mol. The fourth-order valence-electron chi connectivity index (χ4n) is 2.51. The Kier molecular flexibility index (Phi) is 5.38. The van der Waals surface area contributed by atoms with Gasteiger partial charge in [-0.3, -0.25) is 4.79 Å². The van der Waals surface area contributed by atoms with Gasteiger partial charge in [0.2, 0.25) is 0 Å². The van der Waals surface area contributed by atoms with Crippen LogP contribution in [0.3, 0.4) is 0 Å². The van der Waals surface area contributed by atoms with E-state index in [4.69, 9.17) is 10.5 Å². The molecule has 3 N–H and O–H groups in total. The molecule has 21 heavy (non-hydrogen) atoms. The Hall–Kier alpha value is -1.83. The number of amides is 1. The van der Waals surface area contributed by atoms with E-state index in [1.807, 2.05) is 32.0 Å². The summed E-state index contributed by atoms with van der Waals surface area (Å²) in [5.74, 6) is 6.17. The fraction of sp³-hybridized carbons (Fsp3) is 0.471. The van der Waals surface area contributed by atoms with Crippen molar-refractivity contribution in [3.05, 3.63) is 34.9 Å². The van der Waals surface area contributed by atoms with E-state index < -0.39 is 0 Å². The molecule has 1 saturated heterocycles. The van der Waals surface area contributed by atoms with Gasteiger partial charge in [0, 0.05) is 29.7 Å². The van der Waals surface area contributed by atoms with Crippen molar-refractivity contribution < 1.29 is 9.53 Å². The third-order valence-electron chi connectivity index (χ3n) is 3.93. The molecule has 1 aliphatic heterocycles. The van der Waals surface area contributed by atoms with E-state index in [0.717, 1.165) is 30.8 Å². The highest BCUT2D eigenvalue weighted by molar-refractivity contribution is 5.96. The summed E-state index contributed by atoms with van der Waals surface area (Å²) in [6.07, 6.45) is 1.00. The highest BCUT2D eigenvalue weighted by atomic mass is 16.5. The van der Waals surface area contributed by atoms with Crippen LogP contribution < -0.4 is 11.1 Å². The summed E-state index contributed by atoms with van der Waals surface area (Å²) in [4.78, 5) is 12.4. The van der Waals surface area contributed by atoms with Crippen molar-refractivity contribution in [2.24, 2.45) is 11.7 Å². The van der Waals surface area contributed by atoms with Gasteiger partial charge in [-0.05, 0) is 38.0 Å². The Labute approximate surface area is 126 Å². The zero-order valence-corrected chi connectivity index (χ0v) is 12.6. The van der Waals surface area contributed by atoms with Gasteiger partial charge in [0.1, 0.15) is 0 Å².